The fraction of sp³-hybridized carbons (Fsp3) is 0.533. The Kier molecular flexibility index (Phi) is 3.58. The first-order chi connectivity index (χ1) is 9.33. The maximum atomic E-state index is 11.6. The summed E-state index contributed by atoms with van der Waals surface area (Å²) in [7, 11) is 0. The molecule has 2 amide bonds. The van der Waals surface area contributed by atoms with E-state index in [0.717, 1.165) is 36.9 Å². The number of urea groups is 1. The first-order valence-electron chi connectivity index (χ1n) is 7.22. The molecule has 1 saturated heterocycles. The van der Waals surface area contributed by atoms with E-state index < -0.39 is 0 Å². The summed E-state index contributed by atoms with van der Waals surface area (Å²) in [6, 6.07) is 8.16. The van der Waals surface area contributed by atoms with Gasteiger partial charge in [-0.2, -0.15) is 0 Å². The summed E-state index contributed by atoms with van der Waals surface area (Å²) in [5.41, 5.74) is 2.09. The summed E-state index contributed by atoms with van der Waals surface area (Å²) in [5.74, 6) is 0.818. The van der Waals surface area contributed by atoms with E-state index >= 15 is 0 Å². The van der Waals surface area contributed by atoms with Crippen LogP contribution in [0.3, 0.4) is 0 Å². The first kappa shape index (κ1) is 12.3. The second kappa shape index (κ2) is 5.51. The highest BCUT2D eigenvalue weighted by atomic mass is 16.2. The van der Waals surface area contributed by atoms with Crippen LogP contribution in [0.4, 0.5) is 16.2 Å². The molecule has 0 bridgehead atoms. The zero-order valence-corrected chi connectivity index (χ0v) is 11.2. The van der Waals surface area contributed by atoms with Crippen LogP contribution >= 0.6 is 0 Å². The van der Waals surface area contributed by atoms with Gasteiger partial charge in [-0.05, 0) is 37.0 Å². The normalized spacial score (nSPS) is 19.8. The van der Waals surface area contributed by atoms with E-state index in [1.165, 1.54) is 25.7 Å². The fourth-order valence-corrected chi connectivity index (χ4v) is 2.98. The van der Waals surface area contributed by atoms with Crippen molar-refractivity contribution in [1.29, 1.82) is 0 Å². The first-order valence-corrected chi connectivity index (χ1v) is 7.22. The largest absolute Gasteiger partial charge is 0.385 e. The fourth-order valence-electron chi connectivity index (χ4n) is 2.98. The molecule has 102 valence electrons. The molecular weight excluding hydrogens is 238 g/mol. The number of carbonyl (C=O) groups is 1. The Morgan fingerprint density at radius 1 is 1.32 bits per heavy atom. The van der Waals surface area contributed by atoms with Gasteiger partial charge in [-0.3, -0.25) is 4.90 Å². The third-order valence-electron chi connectivity index (χ3n) is 4.08. The van der Waals surface area contributed by atoms with Crippen LogP contribution in [0.5, 0.6) is 0 Å². The lowest BCUT2D eigenvalue weighted by Crippen LogP contribution is -2.27. The zero-order chi connectivity index (χ0) is 13.1. The Labute approximate surface area is 114 Å². The van der Waals surface area contributed by atoms with Crippen LogP contribution in [0, 0.1) is 5.92 Å². The molecule has 0 atom stereocenters. The molecule has 2 N–H and O–H groups in total. The molecule has 1 aliphatic heterocycles. The van der Waals surface area contributed by atoms with E-state index in [9.17, 15) is 4.79 Å². The zero-order valence-electron chi connectivity index (χ0n) is 11.2. The van der Waals surface area contributed by atoms with Crippen molar-refractivity contribution in [2.75, 3.05) is 29.9 Å². The van der Waals surface area contributed by atoms with Crippen molar-refractivity contribution in [3.8, 4) is 0 Å². The van der Waals surface area contributed by atoms with Crippen LogP contribution in [0.15, 0.2) is 24.3 Å². The van der Waals surface area contributed by atoms with Crippen molar-refractivity contribution < 1.29 is 4.79 Å². The summed E-state index contributed by atoms with van der Waals surface area (Å²) in [4.78, 5) is 13.4. The number of nitrogens with zero attached hydrogens (tertiary/aromatic N) is 1. The predicted molar refractivity (Wildman–Crippen MR) is 77.6 cm³/mol. The predicted octanol–water partition coefficient (Wildman–Crippen LogP) is 2.82. The minimum Gasteiger partial charge on any atom is -0.385 e. The standard InChI is InChI=1S/C15H21N3O/c19-15-16-8-9-18(15)14-7-3-6-13(10-14)17-11-12-4-1-2-5-12/h3,6-7,10,12,17H,1-2,4-5,8-9,11H2,(H,16,19). The van der Waals surface area contributed by atoms with Crippen LogP contribution in [0.1, 0.15) is 25.7 Å². The van der Waals surface area contributed by atoms with Crippen LogP contribution in [0.2, 0.25) is 0 Å². The second-order valence-corrected chi connectivity index (χ2v) is 5.47. The van der Waals surface area contributed by atoms with Gasteiger partial charge in [-0.15, -0.1) is 0 Å². The monoisotopic (exact) mass is 259 g/mol. The molecule has 1 aromatic rings. The molecule has 1 aliphatic carbocycles. The number of amides is 2. The lowest BCUT2D eigenvalue weighted by molar-refractivity contribution is 0.252. The summed E-state index contributed by atoms with van der Waals surface area (Å²) < 4.78 is 0. The molecule has 2 aliphatic rings. The van der Waals surface area contributed by atoms with E-state index in [1.54, 1.807) is 4.90 Å². The SMILES string of the molecule is O=C1NCCN1c1cccc(NCC2CCCC2)c1. The van der Waals surface area contributed by atoms with Gasteiger partial charge in [-0.25, -0.2) is 4.79 Å². The Bertz CT molecular complexity index is 454. The maximum Gasteiger partial charge on any atom is 0.321 e. The Balaban J connectivity index is 1.63. The van der Waals surface area contributed by atoms with Crippen molar-refractivity contribution in [3.05, 3.63) is 24.3 Å². The quantitative estimate of drug-likeness (QED) is 0.873. The van der Waals surface area contributed by atoms with Crippen LogP contribution in [-0.2, 0) is 0 Å². The van der Waals surface area contributed by atoms with E-state index in [4.69, 9.17) is 0 Å². The van der Waals surface area contributed by atoms with Gasteiger partial charge >= 0.3 is 6.03 Å². The van der Waals surface area contributed by atoms with Gasteiger partial charge in [0.15, 0.2) is 0 Å². The number of benzene rings is 1. The molecule has 0 spiro atoms. The molecule has 3 rings (SSSR count). The molecule has 4 heteroatoms. The Morgan fingerprint density at radius 3 is 2.89 bits per heavy atom. The van der Waals surface area contributed by atoms with Gasteiger partial charge < -0.3 is 10.6 Å². The average Bonchev–Trinajstić information content (AvgIpc) is 3.08. The number of nitrogens with one attached hydrogen (secondary N) is 2. The van der Waals surface area contributed by atoms with Gasteiger partial charge in [0, 0.05) is 31.0 Å². The van der Waals surface area contributed by atoms with Crippen molar-refractivity contribution in [1.82, 2.24) is 5.32 Å². The Hall–Kier alpha value is -1.71. The van der Waals surface area contributed by atoms with Crippen LogP contribution < -0.4 is 15.5 Å². The van der Waals surface area contributed by atoms with Gasteiger partial charge in [0.1, 0.15) is 0 Å². The molecule has 0 radical (unpaired) electrons. The number of rotatable bonds is 4. The summed E-state index contributed by atoms with van der Waals surface area (Å²) in [6.45, 7) is 2.54. The van der Waals surface area contributed by atoms with Crippen molar-refractivity contribution in [2.24, 2.45) is 5.92 Å². The minimum atomic E-state index is 0.00735. The minimum absolute atomic E-state index is 0.00735. The third kappa shape index (κ3) is 2.83. The summed E-state index contributed by atoms with van der Waals surface area (Å²) >= 11 is 0. The molecule has 4 nitrogen and oxygen atoms in total. The Morgan fingerprint density at radius 2 is 2.16 bits per heavy atom. The van der Waals surface area contributed by atoms with Crippen molar-refractivity contribution >= 4 is 17.4 Å². The van der Waals surface area contributed by atoms with Crippen molar-refractivity contribution in [2.45, 2.75) is 25.7 Å². The smallest absolute Gasteiger partial charge is 0.321 e. The molecular formula is C15H21N3O. The van der Waals surface area contributed by atoms with E-state index in [0.29, 0.717) is 0 Å². The summed E-state index contributed by atoms with van der Waals surface area (Å²) in [5, 5.41) is 6.34. The number of hydrogen-bond acceptors (Lipinski definition) is 2. The van der Waals surface area contributed by atoms with Gasteiger partial charge in [-0.1, -0.05) is 18.9 Å². The number of carbonyl (C=O) groups excluding carboxylic acids is 1. The summed E-state index contributed by atoms with van der Waals surface area (Å²) in [6.07, 6.45) is 5.45. The molecule has 1 aromatic carbocycles. The molecule has 1 saturated carbocycles. The highest BCUT2D eigenvalue weighted by Crippen LogP contribution is 2.26. The highest BCUT2D eigenvalue weighted by molar-refractivity contribution is 5.94. The van der Waals surface area contributed by atoms with Gasteiger partial charge in [0.2, 0.25) is 0 Å². The van der Waals surface area contributed by atoms with E-state index in [-0.39, 0.29) is 6.03 Å². The third-order valence-corrected chi connectivity index (χ3v) is 4.08. The van der Waals surface area contributed by atoms with Gasteiger partial charge in [0.05, 0.1) is 0 Å². The van der Waals surface area contributed by atoms with Crippen molar-refractivity contribution in [3.63, 3.8) is 0 Å². The molecule has 0 unspecified atom stereocenters. The molecule has 0 aromatic heterocycles. The lowest BCUT2D eigenvalue weighted by Gasteiger charge is -2.17. The molecule has 1 heterocycles. The molecule has 19 heavy (non-hydrogen) atoms. The highest BCUT2D eigenvalue weighted by Gasteiger charge is 2.21. The number of hydrogen-bond donors (Lipinski definition) is 2. The van der Waals surface area contributed by atoms with E-state index in [2.05, 4.69) is 22.8 Å². The van der Waals surface area contributed by atoms with Gasteiger partial charge in [0.25, 0.3) is 0 Å². The topological polar surface area (TPSA) is 44.4 Å². The number of anilines is 2. The average molecular weight is 259 g/mol. The van der Waals surface area contributed by atoms with E-state index in [1.807, 2.05) is 12.1 Å². The van der Waals surface area contributed by atoms with Crippen LogP contribution in [0.25, 0.3) is 0 Å². The lowest BCUT2D eigenvalue weighted by atomic mass is 10.1. The second-order valence-electron chi connectivity index (χ2n) is 5.47. The molecule has 2 fully saturated rings. The maximum absolute atomic E-state index is 11.6. The van der Waals surface area contributed by atoms with Crippen LogP contribution in [-0.4, -0.2) is 25.7 Å².